The number of carbonyl (C=O) groups is 1. The topological polar surface area (TPSA) is 58.6 Å². The minimum Gasteiger partial charge on any atom is -0.491 e. The first-order valence-electron chi connectivity index (χ1n) is 4.91. The van der Waals surface area contributed by atoms with Crippen molar-refractivity contribution in [1.82, 2.24) is 0 Å². The third-order valence-corrected chi connectivity index (χ3v) is 2.41. The molecular formula is C11H13NO3. The molecule has 15 heavy (non-hydrogen) atoms. The monoisotopic (exact) mass is 207 g/mol. The van der Waals surface area contributed by atoms with Gasteiger partial charge in [0.05, 0.1) is 17.9 Å². The maximum absolute atomic E-state index is 11.0. The summed E-state index contributed by atoms with van der Waals surface area (Å²) in [6, 6.07) is 5.06. The van der Waals surface area contributed by atoms with Gasteiger partial charge in [0, 0.05) is 12.5 Å². The van der Waals surface area contributed by atoms with E-state index >= 15 is 0 Å². The van der Waals surface area contributed by atoms with Crippen molar-refractivity contribution >= 4 is 11.7 Å². The van der Waals surface area contributed by atoms with E-state index in [1.165, 1.54) is 0 Å². The number of hydrogen-bond acceptors (Lipinski definition) is 3. The first kappa shape index (κ1) is 9.83. The highest BCUT2D eigenvalue weighted by Gasteiger charge is 2.18. The molecule has 0 bridgehead atoms. The molecule has 1 heterocycles. The summed E-state index contributed by atoms with van der Waals surface area (Å²) in [4.78, 5) is 11.0. The van der Waals surface area contributed by atoms with Gasteiger partial charge < -0.3 is 15.2 Å². The van der Waals surface area contributed by atoms with Crippen LogP contribution in [-0.2, 0) is 0 Å². The summed E-state index contributed by atoms with van der Waals surface area (Å²) in [5.41, 5.74) is 0.857. The van der Waals surface area contributed by atoms with E-state index in [9.17, 15) is 4.79 Å². The highest BCUT2D eigenvalue weighted by atomic mass is 16.5. The molecule has 80 valence electrons. The Balaban J connectivity index is 2.42. The van der Waals surface area contributed by atoms with Crippen LogP contribution in [0.25, 0.3) is 0 Å². The summed E-state index contributed by atoms with van der Waals surface area (Å²) in [6.07, 6.45) is 0. The fourth-order valence-corrected chi connectivity index (χ4v) is 1.58. The van der Waals surface area contributed by atoms with Gasteiger partial charge in [-0.3, -0.25) is 0 Å². The van der Waals surface area contributed by atoms with Crippen LogP contribution in [0.2, 0.25) is 0 Å². The summed E-state index contributed by atoms with van der Waals surface area (Å²) in [5.74, 6) is 0.0656. The van der Waals surface area contributed by atoms with Crippen molar-refractivity contribution in [2.75, 3.05) is 18.5 Å². The predicted octanol–water partition coefficient (Wildman–Crippen LogP) is 1.83. The molecule has 2 N–H and O–H groups in total. The van der Waals surface area contributed by atoms with Gasteiger partial charge in [-0.15, -0.1) is 0 Å². The molecule has 0 amide bonds. The zero-order valence-corrected chi connectivity index (χ0v) is 8.49. The molecule has 4 heteroatoms. The van der Waals surface area contributed by atoms with Gasteiger partial charge in [0.25, 0.3) is 0 Å². The van der Waals surface area contributed by atoms with E-state index in [-0.39, 0.29) is 5.56 Å². The van der Waals surface area contributed by atoms with Gasteiger partial charge in [0.1, 0.15) is 5.75 Å². The average Bonchev–Trinajstić information content (AvgIpc) is 2.40. The number of carboxylic acid groups (broad SMARTS) is 1. The summed E-state index contributed by atoms with van der Waals surface area (Å²) in [7, 11) is 0. The fraction of sp³-hybridized carbons (Fsp3) is 0.364. The second kappa shape index (κ2) is 3.81. The van der Waals surface area contributed by atoms with Crippen molar-refractivity contribution in [3.05, 3.63) is 23.8 Å². The SMILES string of the molecule is CC1CNc2c(cccc2C(=O)O)OC1. The van der Waals surface area contributed by atoms with Crippen molar-refractivity contribution < 1.29 is 14.6 Å². The van der Waals surface area contributed by atoms with Gasteiger partial charge in [-0.1, -0.05) is 13.0 Å². The molecule has 0 aromatic heterocycles. The molecule has 2 rings (SSSR count). The van der Waals surface area contributed by atoms with Crippen LogP contribution in [0.1, 0.15) is 17.3 Å². The lowest BCUT2D eigenvalue weighted by Gasteiger charge is -2.09. The van der Waals surface area contributed by atoms with Crippen molar-refractivity contribution in [1.29, 1.82) is 0 Å². The zero-order valence-electron chi connectivity index (χ0n) is 8.49. The summed E-state index contributed by atoms with van der Waals surface area (Å²) in [6.45, 7) is 3.40. The molecule has 0 spiro atoms. The van der Waals surface area contributed by atoms with Crippen LogP contribution in [0, 0.1) is 5.92 Å². The number of nitrogens with one attached hydrogen (secondary N) is 1. The van der Waals surface area contributed by atoms with E-state index in [1.54, 1.807) is 18.2 Å². The minimum absolute atomic E-state index is 0.265. The van der Waals surface area contributed by atoms with E-state index in [2.05, 4.69) is 12.2 Å². The third-order valence-electron chi connectivity index (χ3n) is 2.41. The van der Waals surface area contributed by atoms with Gasteiger partial charge in [-0.25, -0.2) is 4.79 Å². The number of aromatic carboxylic acids is 1. The summed E-state index contributed by atoms with van der Waals surface area (Å²) < 4.78 is 5.53. The number of anilines is 1. The number of benzene rings is 1. The van der Waals surface area contributed by atoms with Crippen molar-refractivity contribution in [3.63, 3.8) is 0 Å². The smallest absolute Gasteiger partial charge is 0.337 e. The lowest BCUT2D eigenvalue weighted by Crippen LogP contribution is -2.14. The highest BCUT2D eigenvalue weighted by molar-refractivity contribution is 5.96. The molecule has 0 aliphatic carbocycles. The minimum atomic E-state index is -0.933. The van der Waals surface area contributed by atoms with Crippen molar-refractivity contribution in [2.24, 2.45) is 5.92 Å². The van der Waals surface area contributed by atoms with E-state index in [0.29, 0.717) is 24.0 Å². The first-order valence-corrected chi connectivity index (χ1v) is 4.91. The molecule has 0 radical (unpaired) electrons. The van der Waals surface area contributed by atoms with E-state index in [1.807, 2.05) is 0 Å². The van der Waals surface area contributed by atoms with Crippen LogP contribution in [0.3, 0.4) is 0 Å². The Kier molecular flexibility index (Phi) is 2.49. The average molecular weight is 207 g/mol. The molecule has 1 aromatic rings. The van der Waals surface area contributed by atoms with E-state index in [4.69, 9.17) is 9.84 Å². The van der Waals surface area contributed by atoms with Gasteiger partial charge in [0.15, 0.2) is 0 Å². The molecule has 1 aliphatic heterocycles. The van der Waals surface area contributed by atoms with Gasteiger partial charge in [-0.2, -0.15) is 0 Å². The quantitative estimate of drug-likeness (QED) is 0.737. The Morgan fingerprint density at radius 3 is 3.13 bits per heavy atom. The number of rotatable bonds is 1. The maximum Gasteiger partial charge on any atom is 0.337 e. The molecule has 1 aromatic carbocycles. The standard InChI is InChI=1S/C11H13NO3/c1-7-5-12-10-8(11(13)14)3-2-4-9(10)15-6-7/h2-4,7,12H,5-6H2,1H3,(H,13,14). The fourth-order valence-electron chi connectivity index (χ4n) is 1.58. The highest BCUT2D eigenvalue weighted by Crippen LogP contribution is 2.31. The Labute approximate surface area is 87.9 Å². The molecule has 0 fully saturated rings. The van der Waals surface area contributed by atoms with E-state index in [0.717, 1.165) is 6.54 Å². The van der Waals surface area contributed by atoms with Gasteiger partial charge in [-0.05, 0) is 12.1 Å². The molecular weight excluding hydrogens is 194 g/mol. The van der Waals surface area contributed by atoms with Gasteiger partial charge >= 0.3 is 5.97 Å². The molecule has 1 atom stereocenters. The normalized spacial score (nSPS) is 19.4. The van der Waals surface area contributed by atoms with Crippen molar-refractivity contribution in [3.8, 4) is 5.75 Å². The first-order chi connectivity index (χ1) is 7.18. The molecule has 1 unspecified atom stereocenters. The molecule has 0 saturated heterocycles. The largest absolute Gasteiger partial charge is 0.491 e. The number of ether oxygens (including phenoxy) is 1. The Morgan fingerprint density at radius 1 is 1.60 bits per heavy atom. The molecule has 0 saturated carbocycles. The van der Waals surface area contributed by atoms with Crippen LogP contribution in [0.15, 0.2) is 18.2 Å². The zero-order chi connectivity index (χ0) is 10.8. The van der Waals surface area contributed by atoms with Crippen molar-refractivity contribution in [2.45, 2.75) is 6.92 Å². The number of hydrogen-bond donors (Lipinski definition) is 2. The molecule has 1 aliphatic rings. The third kappa shape index (κ3) is 1.88. The predicted molar refractivity (Wildman–Crippen MR) is 56.6 cm³/mol. The maximum atomic E-state index is 11.0. The van der Waals surface area contributed by atoms with Gasteiger partial charge in [0.2, 0.25) is 0 Å². The lowest BCUT2D eigenvalue weighted by molar-refractivity contribution is 0.0697. The molecule has 4 nitrogen and oxygen atoms in total. The Hall–Kier alpha value is -1.71. The Bertz CT molecular complexity index is 389. The van der Waals surface area contributed by atoms with Crippen LogP contribution in [-0.4, -0.2) is 24.2 Å². The summed E-state index contributed by atoms with van der Waals surface area (Å²) in [5, 5.41) is 12.1. The number of para-hydroxylation sites is 1. The second-order valence-electron chi connectivity index (χ2n) is 3.78. The van der Waals surface area contributed by atoms with Crippen LogP contribution >= 0.6 is 0 Å². The lowest BCUT2D eigenvalue weighted by atomic mass is 10.1. The Morgan fingerprint density at radius 2 is 2.40 bits per heavy atom. The van der Waals surface area contributed by atoms with E-state index < -0.39 is 5.97 Å². The van der Waals surface area contributed by atoms with Crippen LogP contribution in [0.5, 0.6) is 5.75 Å². The number of fused-ring (bicyclic) bond motifs is 1. The van der Waals surface area contributed by atoms with Crippen LogP contribution < -0.4 is 10.1 Å². The second-order valence-corrected chi connectivity index (χ2v) is 3.78. The summed E-state index contributed by atoms with van der Waals surface area (Å²) >= 11 is 0. The number of carboxylic acids is 1. The van der Waals surface area contributed by atoms with Crippen LogP contribution in [0.4, 0.5) is 5.69 Å².